The second-order valence-corrected chi connectivity index (χ2v) is 14.1. The van der Waals surface area contributed by atoms with Crippen molar-refractivity contribution in [3.8, 4) is 0 Å². The summed E-state index contributed by atoms with van der Waals surface area (Å²) in [6, 6.07) is 2.26. The normalized spacial score (nSPS) is 27.6. The molecule has 0 N–H and O–H groups in total. The molecule has 3 heterocycles. The van der Waals surface area contributed by atoms with Crippen molar-refractivity contribution < 1.29 is 4.79 Å². The molecule has 4 rings (SSSR count). The van der Waals surface area contributed by atoms with E-state index in [-0.39, 0.29) is 5.92 Å². The summed E-state index contributed by atoms with van der Waals surface area (Å²) in [5.41, 5.74) is 0.647. The molecule has 0 aromatic heterocycles. The monoisotopic (exact) mass is 533 g/mol. The Balaban J connectivity index is 0.000000212. The number of piperidine rings is 3. The number of amides is 1. The van der Waals surface area contributed by atoms with E-state index in [1.165, 1.54) is 77.4 Å². The van der Waals surface area contributed by atoms with Crippen molar-refractivity contribution in [2.45, 2.75) is 131 Å². The second kappa shape index (κ2) is 14.8. The molecule has 1 aliphatic carbocycles. The highest BCUT2D eigenvalue weighted by molar-refractivity contribution is 5.79. The SMILES string of the molecule is CCC1(CCN(C)C(C)C)CCN(C2CC2)CC1.CCC1CCN(C(=O)[C@@H]2CCN(C(C)C)C[C@@H]2C)CC1. The third kappa shape index (κ3) is 8.93. The number of hydrogen-bond acceptors (Lipinski definition) is 4. The van der Waals surface area contributed by atoms with Crippen molar-refractivity contribution in [3.05, 3.63) is 0 Å². The summed E-state index contributed by atoms with van der Waals surface area (Å²) >= 11 is 0. The summed E-state index contributed by atoms with van der Waals surface area (Å²) in [4.78, 5) is 22.7. The van der Waals surface area contributed by atoms with Crippen LogP contribution in [0.1, 0.15) is 113 Å². The zero-order chi connectivity index (χ0) is 27.9. The molecular weight excluding hydrogens is 468 g/mol. The highest BCUT2D eigenvalue weighted by Gasteiger charge is 2.38. The minimum atomic E-state index is 0.267. The standard InChI is InChI=1S/C17H32N2O.C16H32N2/c1-5-15-6-9-18(10-7-15)17(20)16-8-11-19(13(2)3)12-14(16)4;1-5-16(8-11-17(4)14(2)3)9-12-18(13-10-16)15-6-7-15/h13-16H,5-12H2,1-4H3;14-15H,5-13H2,1-4H3/t14-,16+;/m0./s1. The number of rotatable bonds is 9. The molecular formula is C33H64N4O. The topological polar surface area (TPSA) is 30.0 Å². The van der Waals surface area contributed by atoms with E-state index in [9.17, 15) is 4.79 Å². The van der Waals surface area contributed by atoms with Gasteiger partial charge in [0.1, 0.15) is 0 Å². The van der Waals surface area contributed by atoms with Gasteiger partial charge < -0.3 is 19.6 Å². The van der Waals surface area contributed by atoms with Crippen LogP contribution >= 0.6 is 0 Å². The first-order valence-electron chi connectivity index (χ1n) is 16.6. The highest BCUT2D eigenvalue weighted by Crippen LogP contribution is 2.41. The lowest BCUT2D eigenvalue weighted by molar-refractivity contribution is -0.140. The van der Waals surface area contributed by atoms with E-state index in [0.29, 0.717) is 29.3 Å². The van der Waals surface area contributed by atoms with Gasteiger partial charge in [0.15, 0.2) is 0 Å². The van der Waals surface area contributed by atoms with Gasteiger partial charge in [0.05, 0.1) is 0 Å². The van der Waals surface area contributed by atoms with E-state index >= 15 is 0 Å². The Morgan fingerprint density at radius 3 is 2.03 bits per heavy atom. The minimum absolute atomic E-state index is 0.267. The summed E-state index contributed by atoms with van der Waals surface area (Å²) in [7, 11) is 2.27. The fourth-order valence-corrected chi connectivity index (χ4v) is 7.07. The van der Waals surface area contributed by atoms with E-state index in [1.54, 1.807) is 0 Å². The van der Waals surface area contributed by atoms with Gasteiger partial charge in [-0.25, -0.2) is 0 Å². The van der Waals surface area contributed by atoms with Crippen LogP contribution in [0.4, 0.5) is 0 Å². The Hall–Kier alpha value is -0.650. The van der Waals surface area contributed by atoms with Crippen LogP contribution in [0.5, 0.6) is 0 Å². The van der Waals surface area contributed by atoms with Crippen molar-refractivity contribution in [2.24, 2.45) is 23.2 Å². The van der Waals surface area contributed by atoms with Gasteiger partial charge in [-0.2, -0.15) is 0 Å². The molecule has 0 radical (unpaired) electrons. The van der Waals surface area contributed by atoms with Crippen LogP contribution in [0.2, 0.25) is 0 Å². The molecule has 0 spiro atoms. The molecule has 3 aliphatic heterocycles. The number of carbonyl (C=O) groups excluding carboxylic acids is 1. The smallest absolute Gasteiger partial charge is 0.226 e. The van der Waals surface area contributed by atoms with Gasteiger partial charge in [0.25, 0.3) is 0 Å². The number of carbonyl (C=O) groups is 1. The molecule has 4 fully saturated rings. The van der Waals surface area contributed by atoms with E-state index in [0.717, 1.165) is 44.6 Å². The van der Waals surface area contributed by atoms with Crippen LogP contribution in [0.3, 0.4) is 0 Å². The number of nitrogens with zero attached hydrogens (tertiary/aromatic N) is 4. The van der Waals surface area contributed by atoms with Crippen LogP contribution in [-0.4, -0.2) is 96.5 Å². The molecule has 1 amide bonds. The molecule has 5 nitrogen and oxygen atoms in total. The summed E-state index contributed by atoms with van der Waals surface area (Å²) < 4.78 is 0. The zero-order valence-corrected chi connectivity index (χ0v) is 26.7. The number of hydrogen-bond donors (Lipinski definition) is 0. The maximum absolute atomic E-state index is 12.7. The van der Waals surface area contributed by atoms with Gasteiger partial charge in [0, 0.05) is 43.7 Å². The molecule has 0 aromatic carbocycles. The molecule has 0 unspecified atom stereocenters. The molecule has 1 saturated carbocycles. The Labute approximate surface area is 237 Å². The lowest BCUT2D eigenvalue weighted by atomic mass is 9.73. The van der Waals surface area contributed by atoms with E-state index in [4.69, 9.17) is 0 Å². The van der Waals surface area contributed by atoms with E-state index in [1.807, 2.05) is 0 Å². The van der Waals surface area contributed by atoms with Crippen LogP contribution < -0.4 is 0 Å². The summed E-state index contributed by atoms with van der Waals surface area (Å²) in [5.74, 6) is 2.06. The lowest BCUT2D eigenvalue weighted by Crippen LogP contribution is -2.50. The summed E-state index contributed by atoms with van der Waals surface area (Å²) in [6.07, 6.45) is 13.3. The Morgan fingerprint density at radius 1 is 0.921 bits per heavy atom. The molecule has 0 bridgehead atoms. The van der Waals surface area contributed by atoms with Gasteiger partial charge in [-0.05, 0) is 130 Å². The van der Waals surface area contributed by atoms with Gasteiger partial charge in [-0.3, -0.25) is 4.79 Å². The summed E-state index contributed by atoms with van der Waals surface area (Å²) in [5, 5.41) is 0. The van der Waals surface area contributed by atoms with E-state index in [2.05, 4.69) is 75.1 Å². The predicted molar refractivity (Wildman–Crippen MR) is 163 cm³/mol. The molecule has 4 aliphatic rings. The minimum Gasteiger partial charge on any atom is -0.342 e. The van der Waals surface area contributed by atoms with Crippen molar-refractivity contribution in [2.75, 3.05) is 52.9 Å². The molecule has 0 aromatic rings. The molecule has 3 saturated heterocycles. The van der Waals surface area contributed by atoms with Crippen molar-refractivity contribution >= 4 is 5.91 Å². The van der Waals surface area contributed by atoms with Crippen molar-refractivity contribution in [1.82, 2.24) is 19.6 Å². The maximum atomic E-state index is 12.7. The van der Waals surface area contributed by atoms with E-state index < -0.39 is 0 Å². The molecule has 222 valence electrons. The van der Waals surface area contributed by atoms with Crippen LogP contribution in [0.15, 0.2) is 0 Å². The lowest BCUT2D eigenvalue weighted by Gasteiger charge is -2.42. The predicted octanol–water partition coefficient (Wildman–Crippen LogP) is 6.37. The Bertz CT molecular complexity index is 689. The van der Waals surface area contributed by atoms with Crippen LogP contribution in [-0.2, 0) is 4.79 Å². The third-order valence-electron chi connectivity index (χ3n) is 11.0. The fourth-order valence-electron chi connectivity index (χ4n) is 7.07. The molecule has 5 heteroatoms. The highest BCUT2D eigenvalue weighted by atomic mass is 16.2. The largest absolute Gasteiger partial charge is 0.342 e. The Morgan fingerprint density at radius 2 is 1.55 bits per heavy atom. The van der Waals surface area contributed by atoms with Crippen molar-refractivity contribution in [3.63, 3.8) is 0 Å². The summed E-state index contributed by atoms with van der Waals surface area (Å²) in [6.45, 7) is 24.2. The van der Waals surface area contributed by atoms with Gasteiger partial charge in [-0.1, -0.05) is 33.6 Å². The first-order valence-corrected chi connectivity index (χ1v) is 16.6. The van der Waals surface area contributed by atoms with Gasteiger partial charge >= 0.3 is 0 Å². The van der Waals surface area contributed by atoms with Gasteiger partial charge in [0.2, 0.25) is 5.91 Å². The van der Waals surface area contributed by atoms with Crippen molar-refractivity contribution in [1.29, 1.82) is 0 Å². The maximum Gasteiger partial charge on any atom is 0.226 e. The first kappa shape index (κ1) is 31.9. The molecule has 38 heavy (non-hydrogen) atoms. The molecule has 2 atom stereocenters. The Kier molecular flexibility index (Phi) is 12.4. The third-order valence-corrected chi connectivity index (χ3v) is 11.0. The second-order valence-electron chi connectivity index (χ2n) is 14.1. The quantitative estimate of drug-likeness (QED) is 0.345. The fraction of sp³-hybridized carbons (Fsp3) is 0.970. The van der Waals surface area contributed by atoms with Crippen LogP contribution in [0.25, 0.3) is 0 Å². The first-order chi connectivity index (χ1) is 18.1. The zero-order valence-electron chi connectivity index (χ0n) is 26.7. The average Bonchev–Trinajstić information content (AvgIpc) is 3.77. The van der Waals surface area contributed by atoms with Crippen LogP contribution in [0, 0.1) is 23.2 Å². The average molecular weight is 533 g/mol. The van der Waals surface area contributed by atoms with Gasteiger partial charge in [-0.15, -0.1) is 0 Å². The number of likely N-dealkylation sites (tertiary alicyclic amines) is 3.